The van der Waals surface area contributed by atoms with Gasteiger partial charge in [-0.05, 0) is 67.9 Å². The van der Waals surface area contributed by atoms with Crippen LogP contribution >= 0.6 is 0 Å². The Morgan fingerprint density at radius 2 is 0.714 bits per heavy atom. The van der Waals surface area contributed by atoms with Crippen molar-refractivity contribution >= 4 is 46.7 Å². The van der Waals surface area contributed by atoms with Gasteiger partial charge in [0.1, 0.15) is 22.3 Å². The first-order chi connectivity index (χ1) is 23.8. The van der Waals surface area contributed by atoms with Gasteiger partial charge in [0, 0.05) is 0 Å². The van der Waals surface area contributed by atoms with E-state index in [4.69, 9.17) is 18.9 Å². The number of carbonyl (C=O) groups excluding carboxylic acids is 4. The fourth-order valence-electron chi connectivity index (χ4n) is 5.17. The Morgan fingerprint density at radius 1 is 0.449 bits per heavy atom. The summed E-state index contributed by atoms with van der Waals surface area (Å²) in [5.41, 5.74) is 1.66. The Bertz CT molecular complexity index is 1820. The third-order valence-corrected chi connectivity index (χ3v) is 7.80. The molecule has 5 aliphatic rings. The minimum Gasteiger partial charge on any atom is -0.465 e. The summed E-state index contributed by atoms with van der Waals surface area (Å²) in [5.74, 6) is -2.72. The highest BCUT2D eigenvalue weighted by Gasteiger charge is 2.33. The van der Waals surface area contributed by atoms with Crippen LogP contribution in [0.25, 0.3) is 0 Å². The summed E-state index contributed by atoms with van der Waals surface area (Å²) >= 11 is 0. The number of ether oxygens (including phenoxy) is 4. The lowest BCUT2D eigenvalue weighted by Gasteiger charge is -2.11. The van der Waals surface area contributed by atoms with Crippen LogP contribution in [-0.4, -0.2) is 73.7 Å². The first kappa shape index (κ1) is 34.8. The highest BCUT2D eigenvalue weighted by atomic mass is 16.5. The zero-order chi connectivity index (χ0) is 34.9. The average Bonchev–Trinajstić information content (AvgIpc) is 3.92. The first-order valence-corrected chi connectivity index (χ1v) is 16.5. The molecule has 0 aromatic rings. The topological polar surface area (TPSA) is 155 Å². The van der Waals surface area contributed by atoms with Crippen LogP contribution in [0, 0.1) is 0 Å². The van der Waals surface area contributed by atoms with Crippen LogP contribution < -0.4 is 0 Å². The molecular weight excluding hydrogens is 628 g/mol. The molecule has 12 nitrogen and oxygen atoms in total. The fraction of sp³-hybridized carbons (Fsp3) is 0.351. The van der Waals surface area contributed by atoms with E-state index in [1.807, 2.05) is 20.8 Å². The normalized spacial score (nSPS) is 17.5. The maximum atomic E-state index is 13.6. The summed E-state index contributed by atoms with van der Waals surface area (Å²) in [5, 5.41) is 0. The van der Waals surface area contributed by atoms with E-state index in [1.165, 1.54) is 7.11 Å². The molecule has 12 heteroatoms. The van der Waals surface area contributed by atoms with Gasteiger partial charge in [-0.1, -0.05) is 40.0 Å². The van der Waals surface area contributed by atoms with Crippen molar-refractivity contribution in [3.05, 3.63) is 93.7 Å². The van der Waals surface area contributed by atoms with Crippen molar-refractivity contribution in [2.24, 2.45) is 20.0 Å². The smallest absolute Gasteiger partial charge is 0.342 e. The number of aliphatic imine (C=N–C) groups is 4. The molecule has 8 bridgehead atoms. The number of allylic oxidation sites excluding steroid dienone is 8. The van der Waals surface area contributed by atoms with Crippen LogP contribution in [0.2, 0.25) is 0 Å². The molecule has 0 amide bonds. The van der Waals surface area contributed by atoms with Crippen LogP contribution in [0.1, 0.15) is 59.3 Å². The van der Waals surface area contributed by atoms with Gasteiger partial charge >= 0.3 is 23.9 Å². The van der Waals surface area contributed by atoms with Crippen LogP contribution in [0.3, 0.4) is 0 Å². The van der Waals surface area contributed by atoms with Gasteiger partial charge in [-0.2, -0.15) is 0 Å². The minimum atomic E-state index is -0.724. The number of hydrogen-bond acceptors (Lipinski definition) is 12. The Morgan fingerprint density at radius 3 is 0.959 bits per heavy atom. The predicted molar refractivity (Wildman–Crippen MR) is 184 cm³/mol. The molecule has 5 rings (SSSR count). The fourth-order valence-corrected chi connectivity index (χ4v) is 5.17. The third kappa shape index (κ3) is 7.64. The Labute approximate surface area is 284 Å². The van der Waals surface area contributed by atoms with Gasteiger partial charge in [0.05, 0.1) is 72.6 Å². The molecule has 0 unspecified atom stereocenters. The monoisotopic (exact) mass is 666 g/mol. The van der Waals surface area contributed by atoms with E-state index in [0.717, 1.165) is 19.3 Å². The van der Waals surface area contributed by atoms with E-state index in [2.05, 4.69) is 20.0 Å². The summed E-state index contributed by atoms with van der Waals surface area (Å²) in [6.45, 7) is 6.48. The summed E-state index contributed by atoms with van der Waals surface area (Å²) in [4.78, 5) is 72.6. The molecule has 0 atom stereocenters. The molecular formula is C37H38N4O8. The molecule has 49 heavy (non-hydrogen) atoms. The molecule has 0 aromatic heterocycles. The van der Waals surface area contributed by atoms with Crippen LogP contribution in [0.15, 0.2) is 114 Å². The SMILES string of the molecule is CCCCOC(=O)C1=C2C=CC(=N2)C(C(=O)OC)=C2C=CC(=N2)C(C(=O)OCCCC)=C2C=CC(=N2)C(C(=O)OCCCC)=C2C=CC1=N2. The van der Waals surface area contributed by atoms with E-state index in [0.29, 0.717) is 19.3 Å². The second kappa shape index (κ2) is 16.1. The van der Waals surface area contributed by atoms with Gasteiger partial charge in [-0.15, -0.1) is 0 Å². The van der Waals surface area contributed by atoms with Gasteiger partial charge in [0.2, 0.25) is 0 Å². The standard InChI is InChI=1S/C37H38N4O8/c1-5-8-19-47-35(43)31-24-13-11-22(38-24)30(34(42)46-4)23-12-14-25(39-23)32(36(44)48-20-9-6-2)27-16-18-29(41-27)33(28-17-15-26(31)40-28)37(45)49-21-10-7-3/h11-18H,5-10,19-21H2,1-4H3. The zero-order valence-corrected chi connectivity index (χ0v) is 28.0. The lowest BCUT2D eigenvalue weighted by molar-refractivity contribution is -0.139. The second-order valence-corrected chi connectivity index (χ2v) is 11.3. The van der Waals surface area contributed by atoms with Gasteiger partial charge in [-0.25, -0.2) is 39.1 Å². The van der Waals surface area contributed by atoms with Crippen molar-refractivity contribution in [3.63, 3.8) is 0 Å². The minimum absolute atomic E-state index is 0.0160. The molecule has 0 saturated heterocycles. The average molecular weight is 667 g/mol. The van der Waals surface area contributed by atoms with Crippen molar-refractivity contribution < 1.29 is 38.1 Å². The number of methoxy groups -OCH3 is 1. The number of fused-ring (bicyclic) bond motifs is 4. The van der Waals surface area contributed by atoms with E-state index in [1.54, 1.807) is 48.6 Å². The molecule has 0 radical (unpaired) electrons. The van der Waals surface area contributed by atoms with E-state index >= 15 is 0 Å². The lowest BCUT2D eigenvalue weighted by Crippen LogP contribution is -2.18. The molecule has 0 spiro atoms. The van der Waals surface area contributed by atoms with Crippen molar-refractivity contribution in [1.29, 1.82) is 0 Å². The highest BCUT2D eigenvalue weighted by Crippen LogP contribution is 2.31. The van der Waals surface area contributed by atoms with E-state index < -0.39 is 23.9 Å². The summed E-state index contributed by atoms with van der Waals surface area (Å²) in [6.07, 6.45) is 17.0. The molecule has 0 aliphatic carbocycles. The molecule has 0 N–H and O–H groups in total. The quantitative estimate of drug-likeness (QED) is 0.146. The number of esters is 4. The Hall–Kier alpha value is -5.52. The number of carbonyl (C=O) groups is 4. The number of unbranched alkanes of at least 4 members (excludes halogenated alkanes) is 3. The molecule has 5 heterocycles. The summed E-state index contributed by atoms with van der Waals surface area (Å²) < 4.78 is 21.9. The van der Waals surface area contributed by atoms with Crippen LogP contribution in [-0.2, 0) is 38.1 Å². The van der Waals surface area contributed by atoms with Gasteiger partial charge in [0.25, 0.3) is 0 Å². The van der Waals surface area contributed by atoms with Crippen molar-refractivity contribution in [2.75, 3.05) is 26.9 Å². The maximum Gasteiger partial charge on any atom is 0.342 e. The molecule has 0 fully saturated rings. The van der Waals surface area contributed by atoms with E-state index in [9.17, 15) is 19.2 Å². The molecule has 5 aliphatic heterocycles. The molecule has 0 saturated carbocycles. The molecule has 0 aromatic carbocycles. The first-order valence-electron chi connectivity index (χ1n) is 16.5. The van der Waals surface area contributed by atoms with Gasteiger partial charge in [-0.3, -0.25) is 0 Å². The number of nitrogens with zero attached hydrogens (tertiary/aromatic N) is 4. The van der Waals surface area contributed by atoms with E-state index in [-0.39, 0.29) is 87.7 Å². The lowest BCUT2D eigenvalue weighted by atomic mass is 10.1. The predicted octanol–water partition coefficient (Wildman–Crippen LogP) is 5.26. The third-order valence-electron chi connectivity index (χ3n) is 7.80. The van der Waals surface area contributed by atoms with Crippen molar-refractivity contribution in [1.82, 2.24) is 0 Å². The van der Waals surface area contributed by atoms with Crippen LogP contribution in [0.5, 0.6) is 0 Å². The summed E-state index contributed by atoms with van der Waals surface area (Å²) in [7, 11) is 1.24. The molecule has 254 valence electrons. The Kier molecular flexibility index (Phi) is 11.4. The number of rotatable bonds is 13. The highest BCUT2D eigenvalue weighted by molar-refractivity contribution is 6.33. The van der Waals surface area contributed by atoms with Gasteiger partial charge in [0.15, 0.2) is 0 Å². The van der Waals surface area contributed by atoms with Gasteiger partial charge < -0.3 is 18.9 Å². The Balaban J connectivity index is 1.77. The van der Waals surface area contributed by atoms with Crippen molar-refractivity contribution in [3.8, 4) is 0 Å². The largest absolute Gasteiger partial charge is 0.465 e. The zero-order valence-electron chi connectivity index (χ0n) is 28.0. The maximum absolute atomic E-state index is 13.6. The number of hydrogen-bond donors (Lipinski definition) is 0. The summed E-state index contributed by atoms with van der Waals surface area (Å²) in [6, 6.07) is 0. The van der Waals surface area contributed by atoms with Crippen LogP contribution in [0.4, 0.5) is 0 Å². The second-order valence-electron chi connectivity index (χ2n) is 11.3. The van der Waals surface area contributed by atoms with Crippen molar-refractivity contribution in [2.45, 2.75) is 59.3 Å².